The fourth-order valence-corrected chi connectivity index (χ4v) is 2.45. The largest absolute Gasteiger partial charge is 0.481 e. The fraction of sp³-hybridized carbons (Fsp3) is 0.214. The molecule has 0 bridgehead atoms. The maximum atomic E-state index is 12.5. The number of rotatable bonds is 6. The predicted molar refractivity (Wildman–Crippen MR) is 75.3 cm³/mol. The summed E-state index contributed by atoms with van der Waals surface area (Å²) in [5.41, 5.74) is 9.95. The average molecular weight is 319 g/mol. The van der Waals surface area contributed by atoms with Crippen LogP contribution in [0.3, 0.4) is 0 Å². The number of carbonyl (C=O) groups excluding carboxylic acids is 4. The molecular formula is C14H13N3O6. The number of nitrogens with two attached hydrogens (primary N) is 2. The highest BCUT2D eigenvalue weighted by Crippen LogP contribution is 2.28. The van der Waals surface area contributed by atoms with Crippen LogP contribution in [0.15, 0.2) is 18.2 Å². The molecule has 0 saturated heterocycles. The number of aliphatic carboxylic acids is 1. The molecule has 0 saturated carbocycles. The summed E-state index contributed by atoms with van der Waals surface area (Å²) < 4.78 is 0. The third kappa shape index (κ3) is 2.76. The number of imide groups is 1. The van der Waals surface area contributed by atoms with Crippen LogP contribution in [0.4, 0.5) is 0 Å². The fourth-order valence-electron chi connectivity index (χ4n) is 2.45. The van der Waals surface area contributed by atoms with Gasteiger partial charge in [0.2, 0.25) is 11.8 Å². The minimum Gasteiger partial charge on any atom is -0.481 e. The zero-order chi connectivity index (χ0) is 17.3. The van der Waals surface area contributed by atoms with E-state index in [1.165, 1.54) is 18.2 Å². The van der Waals surface area contributed by atoms with Crippen molar-refractivity contribution in [3.8, 4) is 0 Å². The summed E-state index contributed by atoms with van der Waals surface area (Å²) in [6, 6.07) is 2.56. The average Bonchev–Trinajstić information content (AvgIpc) is 2.72. The van der Waals surface area contributed by atoms with Crippen LogP contribution in [0.1, 0.15) is 43.9 Å². The van der Waals surface area contributed by atoms with E-state index in [0.29, 0.717) is 4.90 Å². The first-order chi connectivity index (χ1) is 10.8. The third-order valence-electron chi connectivity index (χ3n) is 3.48. The van der Waals surface area contributed by atoms with Crippen LogP contribution < -0.4 is 11.5 Å². The van der Waals surface area contributed by atoms with Gasteiger partial charge in [0.15, 0.2) is 0 Å². The van der Waals surface area contributed by atoms with E-state index in [1.807, 2.05) is 0 Å². The maximum Gasteiger partial charge on any atom is 0.303 e. The Hall–Kier alpha value is -3.23. The van der Waals surface area contributed by atoms with Gasteiger partial charge in [-0.3, -0.25) is 28.9 Å². The van der Waals surface area contributed by atoms with E-state index in [2.05, 4.69) is 0 Å². The van der Waals surface area contributed by atoms with E-state index < -0.39 is 42.1 Å². The van der Waals surface area contributed by atoms with Crippen molar-refractivity contribution >= 4 is 29.6 Å². The van der Waals surface area contributed by atoms with E-state index in [-0.39, 0.29) is 23.1 Å². The summed E-state index contributed by atoms with van der Waals surface area (Å²) in [4.78, 5) is 59.0. The predicted octanol–water partition coefficient (Wildman–Crippen LogP) is -0.900. The van der Waals surface area contributed by atoms with Crippen LogP contribution in [0.5, 0.6) is 0 Å². The molecule has 23 heavy (non-hydrogen) atoms. The highest BCUT2D eigenvalue weighted by Gasteiger charge is 2.43. The van der Waals surface area contributed by atoms with Crippen molar-refractivity contribution in [3.05, 3.63) is 34.9 Å². The Bertz CT molecular complexity index is 742. The van der Waals surface area contributed by atoms with Crippen LogP contribution in [0.25, 0.3) is 0 Å². The molecule has 0 aliphatic carbocycles. The molecule has 1 aromatic rings. The third-order valence-corrected chi connectivity index (χ3v) is 3.48. The Morgan fingerprint density at radius 2 is 1.78 bits per heavy atom. The summed E-state index contributed by atoms with van der Waals surface area (Å²) in [5.74, 6) is -4.83. The Kier molecular flexibility index (Phi) is 4.12. The molecule has 1 aromatic carbocycles. The standard InChI is InChI=1S/C14H13N3O6/c15-11(20)6-2-1-3-7-10(6)14(23)17(13(7)22)8(12(16)21)4-5-9(18)19/h1-3,8H,4-5H2,(H2,15,20)(H2,16,21)(H,18,19)/t8-/m0/s1. The van der Waals surface area contributed by atoms with Gasteiger partial charge in [-0.2, -0.15) is 0 Å². The summed E-state index contributed by atoms with van der Waals surface area (Å²) in [5, 5.41) is 8.71. The van der Waals surface area contributed by atoms with Gasteiger partial charge >= 0.3 is 5.97 Å². The van der Waals surface area contributed by atoms with Crippen LogP contribution in [-0.2, 0) is 9.59 Å². The number of fused-ring (bicyclic) bond motifs is 1. The van der Waals surface area contributed by atoms with Crippen molar-refractivity contribution in [3.63, 3.8) is 0 Å². The molecule has 1 aliphatic heterocycles. The van der Waals surface area contributed by atoms with Crippen molar-refractivity contribution in [2.24, 2.45) is 11.5 Å². The van der Waals surface area contributed by atoms with Crippen molar-refractivity contribution < 1.29 is 29.1 Å². The molecule has 2 rings (SSSR count). The van der Waals surface area contributed by atoms with Crippen LogP contribution >= 0.6 is 0 Å². The first-order valence-electron chi connectivity index (χ1n) is 6.57. The highest BCUT2D eigenvalue weighted by molar-refractivity contribution is 6.26. The lowest BCUT2D eigenvalue weighted by Gasteiger charge is -2.22. The second-order valence-electron chi connectivity index (χ2n) is 4.92. The van der Waals surface area contributed by atoms with Gasteiger partial charge in [0.05, 0.1) is 16.7 Å². The molecule has 1 heterocycles. The lowest BCUT2D eigenvalue weighted by atomic mass is 10.0. The first kappa shape index (κ1) is 16.1. The summed E-state index contributed by atoms with van der Waals surface area (Å²) in [6.45, 7) is 0. The lowest BCUT2D eigenvalue weighted by Crippen LogP contribution is -2.48. The molecule has 0 spiro atoms. The number of benzene rings is 1. The van der Waals surface area contributed by atoms with Crippen molar-refractivity contribution in [1.82, 2.24) is 4.90 Å². The van der Waals surface area contributed by atoms with E-state index in [4.69, 9.17) is 16.6 Å². The number of carboxylic acid groups (broad SMARTS) is 1. The van der Waals surface area contributed by atoms with Gasteiger partial charge in [0, 0.05) is 6.42 Å². The number of nitrogens with zero attached hydrogens (tertiary/aromatic N) is 1. The lowest BCUT2D eigenvalue weighted by molar-refractivity contribution is -0.137. The van der Waals surface area contributed by atoms with Crippen molar-refractivity contribution in [1.29, 1.82) is 0 Å². The second kappa shape index (κ2) is 5.87. The van der Waals surface area contributed by atoms with Gasteiger partial charge in [0.1, 0.15) is 6.04 Å². The summed E-state index contributed by atoms with van der Waals surface area (Å²) >= 11 is 0. The highest BCUT2D eigenvalue weighted by atomic mass is 16.4. The number of amides is 4. The Morgan fingerprint density at radius 1 is 1.13 bits per heavy atom. The van der Waals surface area contributed by atoms with Gasteiger partial charge in [-0.15, -0.1) is 0 Å². The van der Waals surface area contributed by atoms with Crippen molar-refractivity contribution in [2.45, 2.75) is 18.9 Å². The van der Waals surface area contributed by atoms with Gasteiger partial charge in [-0.25, -0.2) is 0 Å². The van der Waals surface area contributed by atoms with E-state index in [0.717, 1.165) is 0 Å². The SMILES string of the molecule is NC(=O)c1cccc2c1C(=O)N([C@@H](CCC(=O)O)C(N)=O)C2=O. The number of carbonyl (C=O) groups is 5. The Balaban J connectivity index is 2.46. The zero-order valence-electron chi connectivity index (χ0n) is 11.8. The Labute approximate surface area is 129 Å². The van der Waals surface area contributed by atoms with Crippen LogP contribution in [0.2, 0.25) is 0 Å². The molecule has 5 N–H and O–H groups in total. The number of hydrogen-bond acceptors (Lipinski definition) is 5. The van der Waals surface area contributed by atoms with Crippen molar-refractivity contribution in [2.75, 3.05) is 0 Å². The molecular weight excluding hydrogens is 306 g/mol. The van der Waals surface area contributed by atoms with Gasteiger partial charge in [-0.05, 0) is 18.6 Å². The molecule has 0 radical (unpaired) electrons. The molecule has 9 heteroatoms. The smallest absolute Gasteiger partial charge is 0.303 e. The quantitative estimate of drug-likeness (QED) is 0.576. The maximum absolute atomic E-state index is 12.5. The number of carboxylic acids is 1. The zero-order valence-corrected chi connectivity index (χ0v) is 11.8. The van der Waals surface area contributed by atoms with Gasteiger partial charge < -0.3 is 16.6 Å². The monoisotopic (exact) mass is 319 g/mol. The second-order valence-corrected chi connectivity index (χ2v) is 4.92. The minimum atomic E-state index is -1.42. The Morgan fingerprint density at radius 3 is 2.30 bits per heavy atom. The normalized spacial score (nSPS) is 14.5. The minimum absolute atomic E-state index is 0.0760. The number of hydrogen-bond donors (Lipinski definition) is 3. The summed E-state index contributed by atoms with van der Waals surface area (Å²) in [6.07, 6.45) is -0.772. The molecule has 120 valence electrons. The van der Waals surface area contributed by atoms with Gasteiger partial charge in [0.25, 0.3) is 11.8 Å². The number of primary amides is 2. The molecule has 1 atom stereocenters. The molecule has 0 fully saturated rings. The topological polar surface area (TPSA) is 161 Å². The molecule has 0 unspecified atom stereocenters. The molecule has 1 aliphatic rings. The van der Waals surface area contributed by atoms with E-state index in [1.54, 1.807) is 0 Å². The summed E-state index contributed by atoms with van der Waals surface area (Å²) in [7, 11) is 0. The van der Waals surface area contributed by atoms with E-state index in [9.17, 15) is 24.0 Å². The van der Waals surface area contributed by atoms with E-state index >= 15 is 0 Å². The molecule has 9 nitrogen and oxygen atoms in total. The van der Waals surface area contributed by atoms with Crippen LogP contribution in [0, 0.1) is 0 Å². The first-order valence-corrected chi connectivity index (χ1v) is 6.57. The van der Waals surface area contributed by atoms with Crippen LogP contribution in [-0.4, -0.2) is 45.6 Å². The molecule has 4 amide bonds. The molecule has 0 aromatic heterocycles. The van der Waals surface area contributed by atoms with Gasteiger partial charge in [-0.1, -0.05) is 6.07 Å².